The lowest BCUT2D eigenvalue weighted by molar-refractivity contribution is -0.121. The van der Waals surface area contributed by atoms with Crippen molar-refractivity contribution in [2.45, 2.75) is 31.9 Å². The maximum Gasteiger partial charge on any atom is 0.265 e. The molecule has 168 valence electrons. The van der Waals surface area contributed by atoms with Crippen molar-refractivity contribution in [3.63, 3.8) is 0 Å². The van der Waals surface area contributed by atoms with Crippen molar-refractivity contribution in [3.05, 3.63) is 24.3 Å². The first-order valence-electron chi connectivity index (χ1n) is 10.0. The summed E-state index contributed by atoms with van der Waals surface area (Å²) >= 11 is 0. The highest BCUT2D eigenvalue weighted by Crippen LogP contribution is 2.31. The standard InChI is InChI=1S/C20H30N4O4S.HI/c1-4-21-19(23-12-13-29(26,27)20(2,3)15-23)22-10-7-11-24-16-8-5-6-9-17(16)28-14-18(24)25;/h5-6,8-9H,4,7,10-15H2,1-3H3,(H,21,22);1H. The van der Waals surface area contributed by atoms with Crippen LogP contribution in [0.2, 0.25) is 0 Å². The van der Waals surface area contributed by atoms with E-state index in [0.29, 0.717) is 39.1 Å². The molecule has 30 heavy (non-hydrogen) atoms. The number of halogens is 1. The van der Waals surface area contributed by atoms with Gasteiger partial charge in [0.25, 0.3) is 5.91 Å². The first kappa shape index (κ1) is 24.7. The van der Waals surface area contributed by atoms with E-state index >= 15 is 0 Å². The Balaban J connectivity index is 0.00000320. The van der Waals surface area contributed by atoms with Crippen LogP contribution in [0.4, 0.5) is 5.69 Å². The summed E-state index contributed by atoms with van der Waals surface area (Å²) in [6.07, 6.45) is 0.699. The molecule has 2 aliphatic heterocycles. The zero-order valence-corrected chi connectivity index (χ0v) is 20.9. The van der Waals surface area contributed by atoms with Crippen LogP contribution in [0.25, 0.3) is 0 Å². The second-order valence-electron chi connectivity index (χ2n) is 7.89. The molecule has 1 saturated heterocycles. The summed E-state index contributed by atoms with van der Waals surface area (Å²) in [6, 6.07) is 7.53. The number of rotatable bonds is 5. The van der Waals surface area contributed by atoms with Gasteiger partial charge in [0.05, 0.1) is 16.2 Å². The molecule has 0 atom stereocenters. The van der Waals surface area contributed by atoms with Crippen LogP contribution in [-0.2, 0) is 14.6 Å². The van der Waals surface area contributed by atoms with E-state index in [2.05, 4.69) is 10.3 Å². The van der Waals surface area contributed by atoms with Crippen molar-refractivity contribution in [1.29, 1.82) is 0 Å². The Morgan fingerprint density at radius 2 is 2.03 bits per heavy atom. The largest absolute Gasteiger partial charge is 0.482 e. The summed E-state index contributed by atoms with van der Waals surface area (Å²) < 4.78 is 29.2. The predicted octanol–water partition coefficient (Wildman–Crippen LogP) is 1.89. The quantitative estimate of drug-likeness (QED) is 0.261. The number of aliphatic imine (C=N–C) groups is 1. The van der Waals surface area contributed by atoms with Crippen molar-refractivity contribution in [3.8, 4) is 5.75 Å². The number of ether oxygens (including phenoxy) is 1. The Kier molecular flexibility index (Phi) is 8.37. The first-order chi connectivity index (χ1) is 13.7. The maximum absolute atomic E-state index is 12.3. The molecular formula is C20H31IN4O4S. The van der Waals surface area contributed by atoms with Gasteiger partial charge in [0.1, 0.15) is 5.75 Å². The number of nitrogens with one attached hydrogen (secondary N) is 1. The van der Waals surface area contributed by atoms with Gasteiger partial charge in [-0.15, -0.1) is 24.0 Å². The Bertz CT molecular complexity index is 889. The second kappa shape index (κ2) is 10.2. The number of guanidine groups is 1. The van der Waals surface area contributed by atoms with Gasteiger partial charge in [-0.05, 0) is 39.3 Å². The van der Waals surface area contributed by atoms with E-state index in [1.54, 1.807) is 18.7 Å². The lowest BCUT2D eigenvalue weighted by Gasteiger charge is -2.39. The first-order valence-corrected chi connectivity index (χ1v) is 11.7. The van der Waals surface area contributed by atoms with E-state index in [1.807, 2.05) is 36.1 Å². The highest BCUT2D eigenvalue weighted by Gasteiger charge is 2.41. The fraction of sp³-hybridized carbons (Fsp3) is 0.600. The van der Waals surface area contributed by atoms with Crippen molar-refractivity contribution in [2.75, 3.05) is 50.0 Å². The van der Waals surface area contributed by atoms with Gasteiger partial charge in [-0.3, -0.25) is 9.79 Å². The molecular weight excluding hydrogens is 519 g/mol. The second-order valence-corrected chi connectivity index (χ2v) is 10.6. The average molecular weight is 550 g/mol. The van der Waals surface area contributed by atoms with Crippen molar-refractivity contribution >= 4 is 51.4 Å². The van der Waals surface area contributed by atoms with Crippen LogP contribution in [0.1, 0.15) is 27.2 Å². The highest BCUT2D eigenvalue weighted by atomic mass is 127. The summed E-state index contributed by atoms with van der Waals surface area (Å²) in [5, 5.41) is 3.26. The minimum Gasteiger partial charge on any atom is -0.482 e. The van der Waals surface area contributed by atoms with Gasteiger partial charge in [-0.2, -0.15) is 0 Å². The fourth-order valence-electron chi connectivity index (χ4n) is 3.56. The SMILES string of the molecule is CCNC(=NCCCN1C(=O)COc2ccccc21)N1CCS(=O)(=O)C(C)(C)C1.I. The molecule has 1 aromatic rings. The Morgan fingerprint density at radius 1 is 1.30 bits per heavy atom. The fourth-order valence-corrected chi connectivity index (χ4v) is 4.93. The minimum atomic E-state index is -3.10. The van der Waals surface area contributed by atoms with E-state index in [-0.39, 0.29) is 42.2 Å². The average Bonchev–Trinajstić information content (AvgIpc) is 2.68. The molecule has 2 heterocycles. The van der Waals surface area contributed by atoms with Crippen molar-refractivity contribution in [1.82, 2.24) is 10.2 Å². The molecule has 2 aliphatic rings. The van der Waals surface area contributed by atoms with E-state index < -0.39 is 14.6 Å². The van der Waals surface area contributed by atoms with E-state index in [4.69, 9.17) is 4.74 Å². The molecule has 0 unspecified atom stereocenters. The molecule has 0 aromatic heterocycles. The third-order valence-corrected chi connectivity index (χ3v) is 7.82. The number of para-hydroxylation sites is 2. The molecule has 1 aromatic carbocycles. The zero-order valence-electron chi connectivity index (χ0n) is 17.8. The molecule has 0 spiro atoms. The number of benzene rings is 1. The van der Waals surface area contributed by atoms with Gasteiger partial charge in [0, 0.05) is 32.7 Å². The lowest BCUT2D eigenvalue weighted by Crippen LogP contribution is -2.57. The summed E-state index contributed by atoms with van der Waals surface area (Å²) in [7, 11) is -3.10. The maximum atomic E-state index is 12.3. The van der Waals surface area contributed by atoms with E-state index in [1.165, 1.54) is 0 Å². The normalized spacial score (nSPS) is 20.1. The molecule has 1 amide bonds. The summed E-state index contributed by atoms with van der Waals surface area (Å²) in [5.74, 6) is 1.52. The van der Waals surface area contributed by atoms with Crippen LogP contribution in [0.3, 0.4) is 0 Å². The number of sulfone groups is 1. The number of amides is 1. The van der Waals surface area contributed by atoms with Crippen LogP contribution in [0, 0.1) is 0 Å². The van der Waals surface area contributed by atoms with Gasteiger partial charge >= 0.3 is 0 Å². The smallest absolute Gasteiger partial charge is 0.265 e. The molecule has 0 radical (unpaired) electrons. The van der Waals surface area contributed by atoms with Crippen LogP contribution in [-0.4, -0.2) is 75.0 Å². The summed E-state index contributed by atoms with van der Waals surface area (Å²) in [6.45, 7) is 8.23. The number of hydrogen-bond donors (Lipinski definition) is 1. The number of hydrogen-bond acceptors (Lipinski definition) is 5. The Morgan fingerprint density at radius 3 is 2.73 bits per heavy atom. The highest BCUT2D eigenvalue weighted by molar-refractivity contribution is 14.0. The van der Waals surface area contributed by atoms with Crippen molar-refractivity contribution in [2.24, 2.45) is 4.99 Å². The van der Waals surface area contributed by atoms with Gasteiger partial charge in [-0.25, -0.2) is 8.42 Å². The number of carbonyl (C=O) groups excluding carboxylic acids is 1. The Hall–Kier alpha value is -1.56. The molecule has 0 saturated carbocycles. The van der Waals surface area contributed by atoms with Crippen LogP contribution in [0.15, 0.2) is 29.3 Å². The van der Waals surface area contributed by atoms with Crippen molar-refractivity contribution < 1.29 is 17.9 Å². The molecule has 0 aliphatic carbocycles. The number of anilines is 1. The number of fused-ring (bicyclic) bond motifs is 1. The predicted molar refractivity (Wildman–Crippen MR) is 130 cm³/mol. The van der Waals surface area contributed by atoms with Crippen LogP contribution >= 0.6 is 24.0 Å². The Labute approximate surface area is 196 Å². The van der Waals surface area contributed by atoms with E-state index in [0.717, 1.165) is 17.4 Å². The third kappa shape index (κ3) is 5.37. The molecule has 10 heteroatoms. The number of nitrogens with zero attached hydrogens (tertiary/aromatic N) is 3. The van der Waals surface area contributed by atoms with Gasteiger partial charge in [0.2, 0.25) is 0 Å². The third-order valence-electron chi connectivity index (χ3n) is 5.29. The van der Waals surface area contributed by atoms with Gasteiger partial charge in [-0.1, -0.05) is 12.1 Å². The molecule has 3 rings (SSSR count). The molecule has 1 fully saturated rings. The van der Waals surface area contributed by atoms with Gasteiger partial charge in [0.15, 0.2) is 22.4 Å². The van der Waals surface area contributed by atoms with E-state index in [9.17, 15) is 13.2 Å². The zero-order chi connectivity index (χ0) is 21.1. The molecule has 0 bridgehead atoms. The van der Waals surface area contributed by atoms with Gasteiger partial charge < -0.3 is 19.9 Å². The summed E-state index contributed by atoms with van der Waals surface area (Å²) in [4.78, 5) is 20.7. The molecule has 8 nitrogen and oxygen atoms in total. The van der Waals surface area contributed by atoms with Crippen LogP contribution in [0.5, 0.6) is 5.75 Å². The topological polar surface area (TPSA) is 91.3 Å². The molecule has 1 N–H and O–H groups in total. The lowest BCUT2D eigenvalue weighted by atomic mass is 10.2. The minimum absolute atomic E-state index is 0. The monoisotopic (exact) mass is 550 g/mol. The summed E-state index contributed by atoms with van der Waals surface area (Å²) in [5.41, 5.74) is 0.794. The van der Waals surface area contributed by atoms with Crippen LogP contribution < -0.4 is 15.0 Å². The number of carbonyl (C=O) groups is 1.